The first-order valence-corrected chi connectivity index (χ1v) is 10.2. The van der Waals surface area contributed by atoms with Crippen LogP contribution >= 0.6 is 22.9 Å². The highest BCUT2D eigenvalue weighted by molar-refractivity contribution is 7.19. The highest BCUT2D eigenvalue weighted by Gasteiger charge is 2.27. The van der Waals surface area contributed by atoms with Gasteiger partial charge in [-0.3, -0.25) is 9.59 Å². The van der Waals surface area contributed by atoms with Gasteiger partial charge in [0.25, 0.3) is 11.8 Å². The number of hydrogen-bond acceptors (Lipinski definition) is 6. The van der Waals surface area contributed by atoms with Crippen LogP contribution in [-0.2, 0) is 4.74 Å². The van der Waals surface area contributed by atoms with Crippen molar-refractivity contribution < 1.29 is 23.5 Å². The van der Waals surface area contributed by atoms with Gasteiger partial charge in [-0.15, -0.1) is 11.3 Å². The Kier molecular flexibility index (Phi) is 6.59. The lowest BCUT2D eigenvalue weighted by Crippen LogP contribution is -2.15. The Hall–Kier alpha value is -3.10. The van der Waals surface area contributed by atoms with Gasteiger partial charge in [0.15, 0.2) is 5.76 Å². The van der Waals surface area contributed by atoms with Crippen LogP contribution in [0.3, 0.4) is 0 Å². The molecule has 0 saturated carbocycles. The second kappa shape index (κ2) is 9.15. The molecule has 0 atom stereocenters. The van der Waals surface area contributed by atoms with Crippen LogP contribution in [0, 0.1) is 13.8 Å². The number of benzene rings is 1. The Balaban J connectivity index is 1.96. The van der Waals surface area contributed by atoms with E-state index in [0.717, 1.165) is 16.9 Å². The third-order valence-corrected chi connectivity index (χ3v) is 5.94. The summed E-state index contributed by atoms with van der Waals surface area (Å²) in [5, 5.41) is 6.17. The van der Waals surface area contributed by atoms with Crippen LogP contribution in [0.1, 0.15) is 48.6 Å². The molecule has 0 bridgehead atoms. The molecule has 0 aliphatic heterocycles. The molecular formula is C21H19ClN2O5S. The minimum atomic E-state index is -0.626. The Morgan fingerprint density at radius 1 is 1.07 bits per heavy atom. The van der Waals surface area contributed by atoms with E-state index >= 15 is 0 Å². The monoisotopic (exact) mass is 446 g/mol. The molecule has 30 heavy (non-hydrogen) atoms. The third-order valence-electron chi connectivity index (χ3n) is 4.32. The summed E-state index contributed by atoms with van der Waals surface area (Å²) in [7, 11) is 0. The van der Waals surface area contributed by atoms with Gasteiger partial charge < -0.3 is 19.8 Å². The zero-order valence-electron chi connectivity index (χ0n) is 16.5. The highest BCUT2D eigenvalue weighted by Crippen LogP contribution is 2.35. The van der Waals surface area contributed by atoms with Gasteiger partial charge in [0.05, 0.1) is 23.3 Å². The first-order chi connectivity index (χ1) is 14.3. The number of hydrogen-bond donors (Lipinski definition) is 2. The quantitative estimate of drug-likeness (QED) is 0.501. The van der Waals surface area contributed by atoms with Gasteiger partial charge in [0.2, 0.25) is 0 Å². The Morgan fingerprint density at radius 2 is 1.83 bits per heavy atom. The average molecular weight is 447 g/mol. The zero-order chi connectivity index (χ0) is 21.8. The Labute approximate surface area is 182 Å². The molecule has 2 heterocycles. The van der Waals surface area contributed by atoms with Crippen molar-refractivity contribution in [3.63, 3.8) is 0 Å². The van der Waals surface area contributed by atoms with Crippen LogP contribution in [0.25, 0.3) is 0 Å². The number of ether oxygens (including phenoxy) is 1. The van der Waals surface area contributed by atoms with Crippen molar-refractivity contribution >= 4 is 51.4 Å². The lowest BCUT2D eigenvalue weighted by Gasteiger charge is -2.09. The molecule has 0 aliphatic carbocycles. The summed E-state index contributed by atoms with van der Waals surface area (Å²) in [5.41, 5.74) is 1.82. The van der Waals surface area contributed by atoms with Gasteiger partial charge in [0.1, 0.15) is 5.00 Å². The SMILES string of the molecule is CCOC(=O)c1c(NC(=O)c2ccco2)sc(C(=O)Nc2cccc(Cl)c2C)c1C. The molecule has 3 rings (SSSR count). The molecule has 0 saturated heterocycles. The van der Waals surface area contributed by atoms with E-state index in [1.165, 1.54) is 12.3 Å². The maximum atomic E-state index is 12.9. The molecular weight excluding hydrogens is 428 g/mol. The van der Waals surface area contributed by atoms with Gasteiger partial charge in [-0.2, -0.15) is 0 Å². The van der Waals surface area contributed by atoms with Gasteiger partial charge in [-0.25, -0.2) is 4.79 Å². The van der Waals surface area contributed by atoms with Crippen LogP contribution in [0.15, 0.2) is 41.0 Å². The zero-order valence-corrected chi connectivity index (χ0v) is 18.1. The van der Waals surface area contributed by atoms with Crippen LogP contribution in [0.4, 0.5) is 10.7 Å². The molecule has 1 aromatic carbocycles. The summed E-state index contributed by atoms with van der Waals surface area (Å²) in [4.78, 5) is 38.1. The number of carbonyl (C=O) groups is 3. The van der Waals surface area contributed by atoms with E-state index in [4.69, 9.17) is 20.8 Å². The summed E-state index contributed by atoms with van der Waals surface area (Å²) < 4.78 is 10.2. The fraction of sp³-hybridized carbons (Fsp3) is 0.190. The van der Waals surface area contributed by atoms with Gasteiger partial charge in [-0.1, -0.05) is 17.7 Å². The molecule has 2 amide bonds. The molecule has 2 aromatic heterocycles. The standard InChI is InChI=1S/C21H19ClN2O5S/c1-4-28-21(27)16-12(3)17(19(26)23-14-8-5-7-13(22)11(14)2)30-20(16)24-18(25)15-9-6-10-29-15/h5-10H,4H2,1-3H3,(H,23,26)(H,24,25). The van der Waals surface area contributed by atoms with Gasteiger partial charge >= 0.3 is 5.97 Å². The molecule has 156 valence electrons. The molecule has 2 N–H and O–H groups in total. The number of thiophene rings is 1. The van der Waals surface area contributed by atoms with Crippen molar-refractivity contribution in [1.82, 2.24) is 0 Å². The predicted molar refractivity (Wildman–Crippen MR) is 116 cm³/mol. The summed E-state index contributed by atoms with van der Waals surface area (Å²) >= 11 is 7.10. The molecule has 0 aliphatic rings. The smallest absolute Gasteiger partial charge is 0.341 e. The van der Waals surface area contributed by atoms with Crippen LogP contribution in [0.5, 0.6) is 0 Å². The summed E-state index contributed by atoms with van der Waals surface area (Å²) in [6.45, 7) is 5.25. The number of furan rings is 1. The Morgan fingerprint density at radius 3 is 2.50 bits per heavy atom. The summed E-state index contributed by atoms with van der Waals surface area (Å²) in [6.07, 6.45) is 1.37. The van der Waals surface area contributed by atoms with Crippen molar-refractivity contribution in [2.24, 2.45) is 0 Å². The van der Waals surface area contributed by atoms with E-state index in [-0.39, 0.29) is 27.8 Å². The first-order valence-electron chi connectivity index (χ1n) is 9.05. The minimum absolute atomic E-state index is 0.0800. The maximum Gasteiger partial charge on any atom is 0.341 e. The van der Waals surface area contributed by atoms with Crippen molar-refractivity contribution in [3.05, 3.63) is 68.9 Å². The average Bonchev–Trinajstić information content (AvgIpc) is 3.34. The highest BCUT2D eigenvalue weighted by atomic mass is 35.5. The van der Waals surface area contributed by atoms with E-state index in [0.29, 0.717) is 16.3 Å². The molecule has 7 nitrogen and oxygen atoms in total. The first kappa shape index (κ1) is 21.6. The maximum absolute atomic E-state index is 12.9. The van der Waals surface area contributed by atoms with E-state index in [1.807, 2.05) is 0 Å². The second-order valence-electron chi connectivity index (χ2n) is 6.28. The lowest BCUT2D eigenvalue weighted by molar-refractivity contribution is 0.0527. The van der Waals surface area contributed by atoms with E-state index in [2.05, 4.69) is 10.6 Å². The summed E-state index contributed by atoms with van der Waals surface area (Å²) in [5.74, 6) is -1.51. The molecule has 0 radical (unpaired) electrons. The van der Waals surface area contributed by atoms with Crippen LogP contribution in [0.2, 0.25) is 5.02 Å². The van der Waals surface area contributed by atoms with E-state index < -0.39 is 17.8 Å². The van der Waals surface area contributed by atoms with E-state index in [9.17, 15) is 14.4 Å². The number of halogens is 1. The fourth-order valence-electron chi connectivity index (χ4n) is 2.76. The normalized spacial score (nSPS) is 10.5. The number of nitrogens with one attached hydrogen (secondary N) is 2. The second-order valence-corrected chi connectivity index (χ2v) is 7.71. The number of anilines is 2. The number of carbonyl (C=O) groups excluding carboxylic acids is 3. The van der Waals surface area contributed by atoms with Crippen molar-refractivity contribution in [2.75, 3.05) is 17.2 Å². The third kappa shape index (κ3) is 4.39. The molecule has 0 unspecified atom stereocenters. The molecule has 3 aromatic rings. The van der Waals surface area contributed by atoms with Crippen LogP contribution in [-0.4, -0.2) is 24.4 Å². The Bertz CT molecular complexity index is 1110. The molecule has 0 spiro atoms. The predicted octanol–water partition coefficient (Wildman–Crippen LogP) is 5.29. The van der Waals surface area contributed by atoms with Gasteiger partial charge in [0, 0.05) is 10.7 Å². The van der Waals surface area contributed by atoms with Gasteiger partial charge in [-0.05, 0) is 56.2 Å². The number of esters is 1. The number of amides is 2. The van der Waals surface area contributed by atoms with Crippen molar-refractivity contribution in [1.29, 1.82) is 0 Å². The number of rotatable bonds is 6. The van der Waals surface area contributed by atoms with Crippen molar-refractivity contribution in [3.8, 4) is 0 Å². The van der Waals surface area contributed by atoms with E-state index in [1.54, 1.807) is 45.0 Å². The largest absolute Gasteiger partial charge is 0.462 e. The summed E-state index contributed by atoms with van der Waals surface area (Å²) in [6, 6.07) is 8.26. The molecule has 9 heteroatoms. The lowest BCUT2D eigenvalue weighted by atomic mass is 10.1. The molecule has 0 fully saturated rings. The minimum Gasteiger partial charge on any atom is -0.462 e. The fourth-order valence-corrected chi connectivity index (χ4v) is 4.02. The van der Waals surface area contributed by atoms with Crippen LogP contribution < -0.4 is 10.6 Å². The topological polar surface area (TPSA) is 97.6 Å². The van der Waals surface area contributed by atoms with Crippen molar-refractivity contribution in [2.45, 2.75) is 20.8 Å².